The molecule has 0 saturated heterocycles. The van der Waals surface area contributed by atoms with Crippen LogP contribution in [0, 0.1) is 5.82 Å². The van der Waals surface area contributed by atoms with Gasteiger partial charge in [-0.1, -0.05) is 6.07 Å². The number of carbonyl (C=O) groups is 2. The van der Waals surface area contributed by atoms with Crippen molar-refractivity contribution in [1.82, 2.24) is 0 Å². The minimum Gasteiger partial charge on any atom is -0.497 e. The standard InChI is InChI=1S/C16H14FNO4/c1-21-14-7-5-13(6-8-14)18-15(19)10-22-16(20)11-3-2-4-12(17)9-11/h2-9H,10H2,1H3,(H,18,19). The van der Waals surface area contributed by atoms with Crippen molar-refractivity contribution in [3.05, 3.63) is 59.9 Å². The molecular weight excluding hydrogens is 289 g/mol. The van der Waals surface area contributed by atoms with Gasteiger partial charge in [-0.3, -0.25) is 4.79 Å². The zero-order valence-electron chi connectivity index (χ0n) is 11.8. The summed E-state index contributed by atoms with van der Waals surface area (Å²) in [6.07, 6.45) is 0. The molecule has 22 heavy (non-hydrogen) atoms. The summed E-state index contributed by atoms with van der Waals surface area (Å²) in [6, 6.07) is 11.8. The van der Waals surface area contributed by atoms with E-state index in [2.05, 4.69) is 5.32 Å². The van der Waals surface area contributed by atoms with E-state index in [9.17, 15) is 14.0 Å². The van der Waals surface area contributed by atoms with Crippen LogP contribution < -0.4 is 10.1 Å². The first-order valence-electron chi connectivity index (χ1n) is 6.45. The fourth-order valence-corrected chi connectivity index (χ4v) is 1.70. The summed E-state index contributed by atoms with van der Waals surface area (Å²) in [5, 5.41) is 2.57. The van der Waals surface area contributed by atoms with E-state index in [0.29, 0.717) is 11.4 Å². The average molecular weight is 303 g/mol. The van der Waals surface area contributed by atoms with Crippen molar-refractivity contribution in [2.24, 2.45) is 0 Å². The molecule has 0 heterocycles. The highest BCUT2D eigenvalue weighted by Gasteiger charge is 2.11. The molecule has 0 fully saturated rings. The number of esters is 1. The Balaban J connectivity index is 1.85. The van der Waals surface area contributed by atoms with E-state index in [1.165, 1.54) is 18.2 Å². The quantitative estimate of drug-likeness (QED) is 0.862. The summed E-state index contributed by atoms with van der Waals surface area (Å²) in [5.41, 5.74) is 0.602. The summed E-state index contributed by atoms with van der Waals surface area (Å²) in [4.78, 5) is 23.3. The molecule has 0 spiro atoms. The van der Waals surface area contributed by atoms with E-state index < -0.39 is 24.3 Å². The van der Waals surface area contributed by atoms with Gasteiger partial charge in [0.25, 0.3) is 5.91 Å². The van der Waals surface area contributed by atoms with Crippen LogP contribution in [0.2, 0.25) is 0 Å². The largest absolute Gasteiger partial charge is 0.497 e. The predicted molar refractivity (Wildman–Crippen MR) is 78.3 cm³/mol. The second kappa shape index (κ2) is 7.21. The molecule has 0 aliphatic rings. The van der Waals surface area contributed by atoms with Crippen molar-refractivity contribution >= 4 is 17.6 Å². The molecule has 114 valence electrons. The Morgan fingerprint density at radius 3 is 2.50 bits per heavy atom. The molecule has 2 rings (SSSR count). The normalized spacial score (nSPS) is 9.91. The van der Waals surface area contributed by atoms with Crippen LogP contribution in [-0.2, 0) is 9.53 Å². The highest BCUT2D eigenvalue weighted by Crippen LogP contribution is 2.14. The van der Waals surface area contributed by atoms with Gasteiger partial charge in [-0.15, -0.1) is 0 Å². The van der Waals surface area contributed by atoms with Crippen molar-refractivity contribution in [1.29, 1.82) is 0 Å². The molecule has 6 heteroatoms. The number of benzene rings is 2. The monoisotopic (exact) mass is 303 g/mol. The van der Waals surface area contributed by atoms with Crippen LogP contribution in [0.4, 0.5) is 10.1 Å². The van der Waals surface area contributed by atoms with Gasteiger partial charge in [0, 0.05) is 5.69 Å². The van der Waals surface area contributed by atoms with Crippen LogP contribution in [-0.4, -0.2) is 25.6 Å². The van der Waals surface area contributed by atoms with Crippen LogP contribution in [0.5, 0.6) is 5.75 Å². The Hall–Kier alpha value is -2.89. The Labute approximate surface area is 126 Å². The lowest BCUT2D eigenvalue weighted by Crippen LogP contribution is -2.20. The number of nitrogens with one attached hydrogen (secondary N) is 1. The van der Waals surface area contributed by atoms with E-state index in [1.54, 1.807) is 31.4 Å². The smallest absolute Gasteiger partial charge is 0.338 e. The first kappa shape index (κ1) is 15.5. The number of hydrogen-bond acceptors (Lipinski definition) is 4. The van der Waals surface area contributed by atoms with Gasteiger partial charge < -0.3 is 14.8 Å². The van der Waals surface area contributed by atoms with Crippen LogP contribution >= 0.6 is 0 Å². The van der Waals surface area contributed by atoms with Gasteiger partial charge in [-0.25, -0.2) is 9.18 Å². The molecule has 0 unspecified atom stereocenters. The van der Waals surface area contributed by atoms with Gasteiger partial charge in [0.2, 0.25) is 0 Å². The van der Waals surface area contributed by atoms with E-state index in [0.717, 1.165) is 6.07 Å². The molecular formula is C16H14FNO4. The van der Waals surface area contributed by atoms with Crippen LogP contribution in [0.3, 0.4) is 0 Å². The summed E-state index contributed by atoms with van der Waals surface area (Å²) in [6.45, 7) is -0.457. The number of hydrogen-bond donors (Lipinski definition) is 1. The maximum absolute atomic E-state index is 13.0. The molecule has 1 N–H and O–H groups in total. The van der Waals surface area contributed by atoms with Crippen molar-refractivity contribution < 1.29 is 23.5 Å². The van der Waals surface area contributed by atoms with E-state index in [4.69, 9.17) is 9.47 Å². The molecule has 2 aromatic carbocycles. The first-order valence-corrected chi connectivity index (χ1v) is 6.45. The van der Waals surface area contributed by atoms with Gasteiger partial charge in [-0.2, -0.15) is 0 Å². The van der Waals surface area contributed by atoms with Gasteiger partial charge >= 0.3 is 5.97 Å². The van der Waals surface area contributed by atoms with Crippen molar-refractivity contribution in [3.63, 3.8) is 0 Å². The number of amides is 1. The number of ether oxygens (including phenoxy) is 2. The molecule has 0 bridgehead atoms. The van der Waals surface area contributed by atoms with Crippen LogP contribution in [0.1, 0.15) is 10.4 Å². The summed E-state index contributed by atoms with van der Waals surface area (Å²) in [5.74, 6) is -1.13. The summed E-state index contributed by atoms with van der Waals surface area (Å²) in [7, 11) is 1.54. The highest BCUT2D eigenvalue weighted by atomic mass is 19.1. The molecule has 1 amide bonds. The van der Waals surface area contributed by atoms with Crippen molar-refractivity contribution in [2.45, 2.75) is 0 Å². The Morgan fingerprint density at radius 2 is 1.86 bits per heavy atom. The topological polar surface area (TPSA) is 64.6 Å². The van der Waals surface area contributed by atoms with Crippen LogP contribution in [0.25, 0.3) is 0 Å². The second-order valence-corrected chi connectivity index (χ2v) is 4.36. The molecule has 0 aromatic heterocycles. The third kappa shape index (κ3) is 4.31. The third-order valence-corrected chi connectivity index (χ3v) is 2.77. The van der Waals surface area contributed by atoms with Crippen molar-refractivity contribution in [2.75, 3.05) is 19.0 Å². The number of carbonyl (C=O) groups excluding carboxylic acids is 2. The molecule has 0 aliphatic carbocycles. The Morgan fingerprint density at radius 1 is 1.14 bits per heavy atom. The molecule has 0 aliphatic heterocycles. The SMILES string of the molecule is COc1ccc(NC(=O)COC(=O)c2cccc(F)c2)cc1. The first-order chi connectivity index (χ1) is 10.6. The van der Waals surface area contributed by atoms with Gasteiger partial charge in [0.15, 0.2) is 6.61 Å². The average Bonchev–Trinajstić information content (AvgIpc) is 2.53. The fraction of sp³-hybridized carbons (Fsp3) is 0.125. The lowest BCUT2D eigenvalue weighted by molar-refractivity contribution is -0.119. The number of halogens is 1. The predicted octanol–water partition coefficient (Wildman–Crippen LogP) is 2.63. The maximum Gasteiger partial charge on any atom is 0.338 e. The lowest BCUT2D eigenvalue weighted by atomic mass is 10.2. The van der Waals surface area contributed by atoms with Gasteiger partial charge in [-0.05, 0) is 42.5 Å². The third-order valence-electron chi connectivity index (χ3n) is 2.77. The number of methoxy groups -OCH3 is 1. The van der Waals surface area contributed by atoms with Crippen LogP contribution in [0.15, 0.2) is 48.5 Å². The second-order valence-electron chi connectivity index (χ2n) is 4.36. The molecule has 5 nitrogen and oxygen atoms in total. The Kier molecular flexibility index (Phi) is 5.08. The highest BCUT2D eigenvalue weighted by molar-refractivity contribution is 5.95. The van der Waals surface area contributed by atoms with E-state index in [-0.39, 0.29) is 5.56 Å². The molecule has 0 radical (unpaired) electrons. The number of anilines is 1. The zero-order chi connectivity index (χ0) is 15.9. The molecule has 0 atom stereocenters. The fourth-order valence-electron chi connectivity index (χ4n) is 1.70. The van der Waals surface area contributed by atoms with Crippen molar-refractivity contribution in [3.8, 4) is 5.75 Å². The number of rotatable bonds is 5. The summed E-state index contributed by atoms with van der Waals surface area (Å²) < 4.78 is 22.8. The Bertz CT molecular complexity index is 670. The maximum atomic E-state index is 13.0. The molecule has 0 saturated carbocycles. The molecule has 2 aromatic rings. The minimum absolute atomic E-state index is 0.0530. The van der Waals surface area contributed by atoms with E-state index in [1.807, 2.05) is 0 Å². The lowest BCUT2D eigenvalue weighted by Gasteiger charge is -2.07. The minimum atomic E-state index is -0.760. The van der Waals surface area contributed by atoms with Gasteiger partial charge in [0.05, 0.1) is 12.7 Å². The van der Waals surface area contributed by atoms with E-state index >= 15 is 0 Å². The summed E-state index contributed by atoms with van der Waals surface area (Å²) >= 11 is 0. The zero-order valence-corrected chi connectivity index (χ0v) is 11.8. The van der Waals surface area contributed by atoms with Gasteiger partial charge in [0.1, 0.15) is 11.6 Å².